The van der Waals surface area contributed by atoms with Crippen molar-refractivity contribution >= 4 is 49.6 Å². The number of rotatable bonds is 6. The molecule has 14 rings (SSSR count). The highest BCUT2D eigenvalue weighted by molar-refractivity contribution is 6.12. The molecule has 1 unspecified atom stereocenters. The lowest BCUT2D eigenvalue weighted by Gasteiger charge is -2.45. The van der Waals surface area contributed by atoms with E-state index in [1.54, 1.807) is 0 Å². The smallest absolute Gasteiger partial charge is 0.132 e. The Balaban J connectivity index is 1.05. The lowest BCUT2D eigenvalue weighted by Crippen LogP contribution is -2.36. The van der Waals surface area contributed by atoms with Gasteiger partial charge in [0.2, 0.25) is 0 Å². The van der Waals surface area contributed by atoms with E-state index >= 15 is 0 Å². The number of hydrogen-bond acceptors (Lipinski definition) is 2. The van der Waals surface area contributed by atoms with E-state index in [1.807, 2.05) is 0 Å². The van der Waals surface area contributed by atoms with Gasteiger partial charge >= 0.3 is 0 Å². The number of ether oxygens (including phenoxy) is 1. The fraction of sp³-hybridized carbons (Fsp3) is 0.0154. The molecule has 0 radical (unpaired) electrons. The number of anilines is 3. The van der Waals surface area contributed by atoms with E-state index in [9.17, 15) is 0 Å². The molecule has 68 heavy (non-hydrogen) atoms. The maximum Gasteiger partial charge on any atom is 0.132 e. The van der Waals surface area contributed by atoms with E-state index in [4.69, 9.17) is 4.74 Å². The van der Waals surface area contributed by atoms with E-state index in [-0.39, 0.29) is 0 Å². The zero-order valence-electron chi connectivity index (χ0n) is 37.1. The number of hydrogen-bond donors (Lipinski definition) is 0. The van der Waals surface area contributed by atoms with Crippen LogP contribution >= 0.6 is 0 Å². The molecule has 318 valence electrons. The normalized spacial score (nSPS) is 14.4. The summed E-state index contributed by atoms with van der Waals surface area (Å²) in [7, 11) is 0. The van der Waals surface area contributed by atoms with Gasteiger partial charge in [0.15, 0.2) is 0 Å². The summed E-state index contributed by atoms with van der Waals surface area (Å²) in [5, 5.41) is 4.89. The van der Waals surface area contributed by atoms with Gasteiger partial charge < -0.3 is 14.2 Å². The monoisotopic (exact) mass is 866 g/mol. The van der Waals surface area contributed by atoms with E-state index in [2.05, 4.69) is 264 Å². The molecule has 2 heterocycles. The highest BCUT2D eigenvalue weighted by Gasteiger charge is 2.49. The van der Waals surface area contributed by atoms with Crippen molar-refractivity contribution in [3.63, 3.8) is 0 Å². The lowest BCUT2D eigenvalue weighted by atomic mass is 9.58. The van der Waals surface area contributed by atoms with Crippen molar-refractivity contribution in [2.24, 2.45) is 0 Å². The second-order valence-electron chi connectivity index (χ2n) is 17.9. The first-order valence-electron chi connectivity index (χ1n) is 23.4. The summed E-state index contributed by atoms with van der Waals surface area (Å²) in [6.07, 6.45) is 0. The molecule has 0 saturated heterocycles. The zero-order valence-corrected chi connectivity index (χ0v) is 37.1. The highest BCUT2D eigenvalue weighted by Crippen LogP contribution is 2.62. The van der Waals surface area contributed by atoms with Gasteiger partial charge in [0.25, 0.3) is 0 Å². The zero-order chi connectivity index (χ0) is 44.8. The van der Waals surface area contributed by atoms with Gasteiger partial charge in [-0.1, -0.05) is 194 Å². The fourth-order valence-electron chi connectivity index (χ4n) is 11.7. The average Bonchev–Trinajstić information content (AvgIpc) is 3.74. The van der Waals surface area contributed by atoms with Gasteiger partial charge in [-0.05, 0) is 105 Å². The third-order valence-electron chi connectivity index (χ3n) is 14.4. The Kier molecular flexibility index (Phi) is 8.50. The van der Waals surface area contributed by atoms with E-state index < -0.39 is 5.41 Å². The van der Waals surface area contributed by atoms with Crippen LogP contribution in [0.2, 0.25) is 0 Å². The van der Waals surface area contributed by atoms with Crippen LogP contribution in [0.1, 0.15) is 22.3 Å². The molecule has 0 bridgehead atoms. The van der Waals surface area contributed by atoms with Gasteiger partial charge in [-0.25, -0.2) is 0 Å². The second kappa shape index (κ2) is 15.1. The summed E-state index contributed by atoms with van der Waals surface area (Å²) in [5.41, 5.74) is 17.9. The van der Waals surface area contributed by atoms with Gasteiger partial charge in [-0.2, -0.15) is 0 Å². The van der Waals surface area contributed by atoms with Gasteiger partial charge in [-0.15, -0.1) is 0 Å². The van der Waals surface area contributed by atoms with E-state index in [0.29, 0.717) is 0 Å². The molecule has 0 fully saturated rings. The molecule has 1 atom stereocenters. The first kappa shape index (κ1) is 38.4. The minimum absolute atomic E-state index is 0.682. The third kappa shape index (κ3) is 5.54. The fourth-order valence-corrected chi connectivity index (χ4v) is 11.7. The molecule has 3 heteroatoms. The van der Waals surface area contributed by atoms with Crippen molar-refractivity contribution in [3.8, 4) is 50.6 Å². The van der Waals surface area contributed by atoms with Crippen molar-refractivity contribution in [1.29, 1.82) is 0 Å². The number of aromatic nitrogens is 1. The Bertz CT molecular complexity index is 3960. The Hall–Kier alpha value is -8.92. The predicted molar refractivity (Wildman–Crippen MR) is 281 cm³/mol. The molecule has 1 aromatic heterocycles. The van der Waals surface area contributed by atoms with Gasteiger partial charge in [-0.3, -0.25) is 0 Å². The Morgan fingerprint density at radius 1 is 0.353 bits per heavy atom. The molecule has 1 aliphatic heterocycles. The standard InChI is InChI=1S/C65H42N2O/c1-3-19-43(20-4-1)48-25-8-13-33-58(48)66(46-37-39-61-53(41-46)51-28-10-15-35-60(51)67(61)59-34-14-9-26-49(59)44-21-5-2-6-22-44)47-38-40-63-57(42-47)65(55-31-12-16-36-62(55)68-63)54-30-11-7-27-50(54)52-29-17-23-45-24-18-32-56(65)64(45)52/h1-42H. The molecule has 0 N–H and O–H groups in total. The van der Waals surface area contributed by atoms with Crippen molar-refractivity contribution in [3.05, 3.63) is 277 Å². The van der Waals surface area contributed by atoms with Crippen LogP contribution in [0.4, 0.5) is 17.1 Å². The van der Waals surface area contributed by atoms with Crippen LogP contribution in [0.3, 0.4) is 0 Å². The van der Waals surface area contributed by atoms with Crippen LogP contribution in [0.15, 0.2) is 255 Å². The number of benzene rings is 11. The molecule has 3 nitrogen and oxygen atoms in total. The van der Waals surface area contributed by atoms with Crippen LogP contribution in [-0.4, -0.2) is 4.57 Å². The third-order valence-corrected chi connectivity index (χ3v) is 14.4. The van der Waals surface area contributed by atoms with Gasteiger partial charge in [0.1, 0.15) is 11.5 Å². The summed E-state index contributed by atoms with van der Waals surface area (Å²) in [6.45, 7) is 0. The van der Waals surface area contributed by atoms with E-state index in [0.717, 1.165) is 67.5 Å². The molecule has 1 spiro atoms. The Morgan fingerprint density at radius 3 is 1.76 bits per heavy atom. The second-order valence-corrected chi connectivity index (χ2v) is 17.9. The van der Waals surface area contributed by atoms with Gasteiger partial charge in [0, 0.05) is 44.4 Å². The first-order valence-corrected chi connectivity index (χ1v) is 23.4. The first-order chi connectivity index (χ1) is 33.8. The van der Waals surface area contributed by atoms with Crippen LogP contribution in [0.25, 0.3) is 71.6 Å². The molecule has 1 aliphatic carbocycles. The van der Waals surface area contributed by atoms with Crippen LogP contribution < -0.4 is 9.64 Å². The van der Waals surface area contributed by atoms with E-state index in [1.165, 1.54) is 54.9 Å². The van der Waals surface area contributed by atoms with Crippen molar-refractivity contribution < 1.29 is 4.74 Å². The topological polar surface area (TPSA) is 17.4 Å². The molecular weight excluding hydrogens is 825 g/mol. The number of para-hydroxylation sites is 4. The molecule has 0 saturated carbocycles. The summed E-state index contributed by atoms with van der Waals surface area (Å²) in [5.74, 6) is 1.73. The van der Waals surface area contributed by atoms with Crippen molar-refractivity contribution in [2.75, 3.05) is 4.90 Å². The minimum Gasteiger partial charge on any atom is -0.457 e. The molecular formula is C65H42N2O. The summed E-state index contributed by atoms with van der Waals surface area (Å²) in [4.78, 5) is 2.46. The SMILES string of the molecule is c1ccc(-c2ccccc2N(c2ccc3c(c2)C2(c4ccccc4O3)c3ccccc3-c3cccc4cccc2c34)c2ccc3c(c2)c2ccccc2n3-c2ccccc2-c2ccccc2)cc1. The highest BCUT2D eigenvalue weighted by atomic mass is 16.5. The molecule has 0 amide bonds. The lowest BCUT2D eigenvalue weighted by molar-refractivity contribution is 0.435. The van der Waals surface area contributed by atoms with Crippen molar-refractivity contribution in [2.45, 2.75) is 5.41 Å². The van der Waals surface area contributed by atoms with Crippen LogP contribution in [0.5, 0.6) is 11.5 Å². The largest absolute Gasteiger partial charge is 0.457 e. The van der Waals surface area contributed by atoms with Crippen molar-refractivity contribution in [1.82, 2.24) is 4.57 Å². The number of nitrogens with zero attached hydrogens (tertiary/aromatic N) is 2. The predicted octanol–water partition coefficient (Wildman–Crippen LogP) is 17.2. The number of fused-ring (bicyclic) bond motifs is 11. The van der Waals surface area contributed by atoms with Crippen LogP contribution in [-0.2, 0) is 5.41 Å². The molecule has 2 aliphatic rings. The molecule has 12 aromatic rings. The average molecular weight is 867 g/mol. The Labute approximate surface area is 395 Å². The summed E-state index contributed by atoms with van der Waals surface area (Å²) < 4.78 is 9.45. The quantitative estimate of drug-likeness (QED) is 0.166. The van der Waals surface area contributed by atoms with Gasteiger partial charge in [0.05, 0.1) is 27.8 Å². The minimum atomic E-state index is -0.682. The molecule has 11 aromatic carbocycles. The summed E-state index contributed by atoms with van der Waals surface area (Å²) in [6, 6.07) is 93.0. The van der Waals surface area contributed by atoms with Crippen LogP contribution in [0, 0.1) is 0 Å². The maximum absolute atomic E-state index is 7.01. The maximum atomic E-state index is 7.01. The summed E-state index contributed by atoms with van der Waals surface area (Å²) >= 11 is 0. The Morgan fingerprint density at radius 2 is 0.926 bits per heavy atom.